The molecule has 30 heavy (non-hydrogen) atoms. The second-order valence-electron chi connectivity index (χ2n) is 9.94. The van der Waals surface area contributed by atoms with Crippen LogP contribution in [0.25, 0.3) is 0 Å². The van der Waals surface area contributed by atoms with Crippen LogP contribution in [0.4, 0.5) is 0 Å². The lowest BCUT2D eigenvalue weighted by molar-refractivity contribution is -0.132. The van der Waals surface area contributed by atoms with Crippen LogP contribution in [0.1, 0.15) is 65.7 Å². The molecule has 3 rings (SSSR count). The second-order valence-corrected chi connectivity index (χ2v) is 10.9. The average molecular weight is 432 g/mol. The summed E-state index contributed by atoms with van der Waals surface area (Å²) < 4.78 is 0. The molecule has 0 saturated heterocycles. The number of ketones is 2. The van der Waals surface area contributed by atoms with Gasteiger partial charge in [0, 0.05) is 18.2 Å². The topological polar surface area (TPSA) is 66.4 Å². The minimum atomic E-state index is -0.544. The molecule has 0 heterocycles. The Morgan fingerprint density at radius 1 is 1.30 bits per heavy atom. The molecular formula is C25H37NO3S. The van der Waals surface area contributed by atoms with E-state index in [1.165, 1.54) is 11.6 Å². The first-order chi connectivity index (χ1) is 14.1. The van der Waals surface area contributed by atoms with Gasteiger partial charge < -0.3 is 10.4 Å². The number of aliphatic hydroxyl groups is 1. The van der Waals surface area contributed by atoms with Crippen molar-refractivity contribution < 1.29 is 14.7 Å². The molecule has 0 amide bonds. The molecule has 0 aliphatic heterocycles. The normalized spacial score (nSPS) is 34.7. The van der Waals surface area contributed by atoms with Gasteiger partial charge in [-0.2, -0.15) is 11.8 Å². The number of Topliss-reactive ketones (excluding diaryl/α,β-unsaturated/α-hetero) is 1. The third-order valence-electron chi connectivity index (χ3n) is 8.28. The molecule has 0 spiro atoms. The number of fused-ring (bicyclic) bond motifs is 1. The third kappa shape index (κ3) is 4.02. The standard InChI is InChI=1S/C25H37NO3S/c1-16-8-6-9-21-24(16,3)11-10-17(2)25(21,4)15-18-22(28)19(14-20(27)23(18)29)26-12-7-13-30-5/h14,17,21,26,28H,1,6-13,15H2,2-5H3. The molecule has 4 unspecified atom stereocenters. The van der Waals surface area contributed by atoms with Crippen molar-refractivity contribution in [2.24, 2.45) is 22.7 Å². The fraction of sp³-hybridized carbons (Fsp3) is 0.680. The van der Waals surface area contributed by atoms with Crippen molar-refractivity contribution in [2.45, 2.75) is 65.7 Å². The van der Waals surface area contributed by atoms with Crippen LogP contribution < -0.4 is 5.32 Å². The number of thioether (sulfide) groups is 1. The summed E-state index contributed by atoms with van der Waals surface area (Å²) in [5, 5.41) is 14.1. The van der Waals surface area contributed by atoms with Crippen LogP contribution >= 0.6 is 11.8 Å². The molecule has 0 bridgehead atoms. The van der Waals surface area contributed by atoms with Crippen LogP contribution in [0, 0.1) is 22.7 Å². The average Bonchev–Trinajstić information content (AvgIpc) is 2.71. The Bertz CT molecular complexity index is 798. The smallest absolute Gasteiger partial charge is 0.232 e. The predicted octanol–water partition coefficient (Wildman–Crippen LogP) is 5.37. The first-order valence-corrected chi connectivity index (χ1v) is 12.7. The van der Waals surface area contributed by atoms with Crippen LogP contribution in [0.5, 0.6) is 0 Å². The van der Waals surface area contributed by atoms with E-state index in [1.54, 1.807) is 11.8 Å². The summed E-state index contributed by atoms with van der Waals surface area (Å²) in [5.41, 5.74) is 1.95. The lowest BCUT2D eigenvalue weighted by Crippen LogP contribution is -2.51. The van der Waals surface area contributed by atoms with Gasteiger partial charge in [0.15, 0.2) is 0 Å². The lowest BCUT2D eigenvalue weighted by Gasteiger charge is -2.59. The van der Waals surface area contributed by atoms with Gasteiger partial charge in [-0.05, 0) is 79.6 Å². The molecule has 166 valence electrons. The highest BCUT2D eigenvalue weighted by molar-refractivity contribution is 7.98. The summed E-state index contributed by atoms with van der Waals surface area (Å²) >= 11 is 1.76. The van der Waals surface area contributed by atoms with Crippen molar-refractivity contribution in [2.75, 3.05) is 18.6 Å². The first kappa shape index (κ1) is 23.2. The fourth-order valence-corrected chi connectivity index (χ4v) is 6.50. The Kier molecular flexibility index (Phi) is 6.91. The van der Waals surface area contributed by atoms with Gasteiger partial charge in [0.2, 0.25) is 11.6 Å². The number of carbonyl (C=O) groups is 2. The molecule has 3 aliphatic rings. The van der Waals surface area contributed by atoms with E-state index in [0.717, 1.165) is 44.3 Å². The Morgan fingerprint density at radius 3 is 2.73 bits per heavy atom. The highest BCUT2D eigenvalue weighted by atomic mass is 32.2. The second kappa shape index (κ2) is 8.94. The van der Waals surface area contributed by atoms with Crippen LogP contribution in [0.15, 0.2) is 35.3 Å². The molecule has 4 atom stereocenters. The van der Waals surface area contributed by atoms with Crippen LogP contribution in [-0.4, -0.2) is 35.2 Å². The number of carbonyl (C=O) groups excluding carboxylic acids is 2. The van der Waals surface area contributed by atoms with Gasteiger partial charge in [-0.25, -0.2) is 0 Å². The largest absolute Gasteiger partial charge is 0.505 e. The quantitative estimate of drug-likeness (QED) is 0.246. The summed E-state index contributed by atoms with van der Waals surface area (Å²) in [5.74, 6) is 0.717. The number of hydrogen-bond donors (Lipinski definition) is 2. The van der Waals surface area contributed by atoms with E-state index in [-0.39, 0.29) is 16.6 Å². The summed E-state index contributed by atoms with van der Waals surface area (Å²) in [6.45, 7) is 11.9. The zero-order chi connectivity index (χ0) is 22.1. The summed E-state index contributed by atoms with van der Waals surface area (Å²) in [6.07, 6.45) is 10.2. The third-order valence-corrected chi connectivity index (χ3v) is 8.98. The molecular weight excluding hydrogens is 394 g/mol. The maximum Gasteiger partial charge on any atom is 0.232 e. The Hall–Kier alpha value is -1.49. The molecule has 2 fully saturated rings. The highest BCUT2D eigenvalue weighted by Crippen LogP contribution is 2.63. The van der Waals surface area contributed by atoms with E-state index < -0.39 is 11.6 Å². The van der Waals surface area contributed by atoms with Gasteiger partial charge in [0.25, 0.3) is 0 Å². The molecule has 0 aromatic rings. The molecule has 4 nitrogen and oxygen atoms in total. The molecule has 0 aromatic carbocycles. The first-order valence-electron chi connectivity index (χ1n) is 11.3. The van der Waals surface area contributed by atoms with Gasteiger partial charge >= 0.3 is 0 Å². The maximum atomic E-state index is 12.8. The van der Waals surface area contributed by atoms with Crippen molar-refractivity contribution in [1.29, 1.82) is 0 Å². The number of hydrogen-bond acceptors (Lipinski definition) is 5. The SMILES string of the molecule is C=C1CCCC2C1(C)CCC(C)C2(C)CC1=C(O)C(NCCCSC)=CC(=O)C1=O. The molecule has 0 aromatic heterocycles. The van der Waals surface area contributed by atoms with E-state index in [9.17, 15) is 14.7 Å². The summed E-state index contributed by atoms with van der Waals surface area (Å²) in [6, 6.07) is 0. The number of nitrogens with one attached hydrogen (secondary N) is 1. The van der Waals surface area contributed by atoms with Crippen LogP contribution in [0.2, 0.25) is 0 Å². The van der Waals surface area contributed by atoms with Gasteiger partial charge in [0.05, 0.1) is 5.70 Å². The number of allylic oxidation sites excluding steroid dienone is 3. The van der Waals surface area contributed by atoms with Crippen molar-refractivity contribution in [3.8, 4) is 0 Å². The van der Waals surface area contributed by atoms with E-state index in [2.05, 4.69) is 38.9 Å². The van der Waals surface area contributed by atoms with Gasteiger partial charge in [-0.3, -0.25) is 9.59 Å². The monoisotopic (exact) mass is 431 g/mol. The van der Waals surface area contributed by atoms with E-state index in [4.69, 9.17) is 0 Å². The van der Waals surface area contributed by atoms with Gasteiger partial charge in [0.1, 0.15) is 5.76 Å². The van der Waals surface area contributed by atoms with Crippen LogP contribution in [-0.2, 0) is 9.59 Å². The van der Waals surface area contributed by atoms with Crippen molar-refractivity contribution in [3.63, 3.8) is 0 Å². The molecule has 3 aliphatic carbocycles. The lowest BCUT2D eigenvalue weighted by atomic mass is 9.46. The van der Waals surface area contributed by atoms with E-state index in [0.29, 0.717) is 36.1 Å². The minimum Gasteiger partial charge on any atom is -0.505 e. The predicted molar refractivity (Wildman–Crippen MR) is 124 cm³/mol. The zero-order valence-corrected chi connectivity index (χ0v) is 19.8. The van der Waals surface area contributed by atoms with Gasteiger partial charge in [-0.15, -0.1) is 0 Å². The summed E-state index contributed by atoms with van der Waals surface area (Å²) in [7, 11) is 0. The zero-order valence-electron chi connectivity index (χ0n) is 19.0. The summed E-state index contributed by atoms with van der Waals surface area (Å²) in [4.78, 5) is 25.3. The van der Waals surface area contributed by atoms with Crippen molar-refractivity contribution in [3.05, 3.63) is 35.3 Å². The molecule has 2 saturated carbocycles. The Morgan fingerprint density at radius 2 is 2.03 bits per heavy atom. The van der Waals surface area contributed by atoms with Crippen LogP contribution in [0.3, 0.4) is 0 Å². The van der Waals surface area contributed by atoms with E-state index >= 15 is 0 Å². The minimum absolute atomic E-state index is 0.0286. The van der Waals surface area contributed by atoms with Crippen molar-refractivity contribution >= 4 is 23.3 Å². The molecule has 5 heteroatoms. The van der Waals surface area contributed by atoms with E-state index in [1.807, 2.05) is 0 Å². The number of aliphatic hydroxyl groups excluding tert-OH is 1. The molecule has 0 radical (unpaired) electrons. The van der Waals surface area contributed by atoms with Gasteiger partial charge in [-0.1, -0.05) is 32.9 Å². The molecule has 2 N–H and O–H groups in total. The Labute approximate surface area is 185 Å². The van der Waals surface area contributed by atoms with Crippen molar-refractivity contribution in [1.82, 2.24) is 5.32 Å². The fourth-order valence-electron chi connectivity index (χ4n) is 6.07. The Balaban J connectivity index is 1.91. The number of rotatable bonds is 7. The highest BCUT2D eigenvalue weighted by Gasteiger charge is 2.54. The maximum absolute atomic E-state index is 12.8.